The van der Waals surface area contributed by atoms with Gasteiger partial charge in [0, 0.05) is 43.7 Å². The minimum atomic E-state index is 0.746. The van der Waals surface area contributed by atoms with Crippen LogP contribution in [-0.2, 0) is 6.42 Å². The Morgan fingerprint density at radius 1 is 1.08 bits per heavy atom. The van der Waals surface area contributed by atoms with Crippen molar-refractivity contribution in [3.8, 4) is 22.5 Å². The van der Waals surface area contributed by atoms with Crippen molar-refractivity contribution in [1.29, 1.82) is 0 Å². The highest BCUT2D eigenvalue weighted by molar-refractivity contribution is 5.81. The topological polar surface area (TPSA) is 80.8 Å². The molecule has 134 valence electrons. The van der Waals surface area contributed by atoms with Crippen molar-refractivity contribution in [1.82, 2.24) is 25.1 Å². The van der Waals surface area contributed by atoms with Gasteiger partial charge in [-0.25, -0.2) is 9.97 Å². The fourth-order valence-corrected chi connectivity index (χ4v) is 3.40. The first-order chi connectivity index (χ1) is 12.8. The molecule has 0 aromatic carbocycles. The van der Waals surface area contributed by atoms with Crippen LogP contribution in [0, 0.1) is 6.92 Å². The molecular formula is C19H22N6O. The van der Waals surface area contributed by atoms with Crippen LogP contribution in [0.5, 0.6) is 0 Å². The van der Waals surface area contributed by atoms with Crippen molar-refractivity contribution >= 4 is 5.95 Å². The zero-order chi connectivity index (χ0) is 17.9. The van der Waals surface area contributed by atoms with E-state index in [4.69, 9.17) is 9.51 Å². The van der Waals surface area contributed by atoms with Crippen LogP contribution >= 0.6 is 0 Å². The van der Waals surface area contributed by atoms with E-state index in [9.17, 15) is 0 Å². The van der Waals surface area contributed by atoms with E-state index in [2.05, 4.69) is 31.9 Å². The molecule has 4 heterocycles. The van der Waals surface area contributed by atoms with Crippen LogP contribution in [0.2, 0.25) is 0 Å². The number of hydrogen-bond donors (Lipinski definition) is 0. The monoisotopic (exact) mass is 350 g/mol. The Morgan fingerprint density at radius 3 is 2.65 bits per heavy atom. The molecular weight excluding hydrogens is 328 g/mol. The first-order valence-corrected chi connectivity index (χ1v) is 9.11. The summed E-state index contributed by atoms with van der Waals surface area (Å²) in [5.41, 5.74) is 4.18. The van der Waals surface area contributed by atoms with Crippen LogP contribution in [-0.4, -0.2) is 38.2 Å². The summed E-state index contributed by atoms with van der Waals surface area (Å²) in [5.74, 6) is 1.59. The van der Waals surface area contributed by atoms with Gasteiger partial charge >= 0.3 is 0 Å². The van der Waals surface area contributed by atoms with Gasteiger partial charge in [0.2, 0.25) is 5.95 Å². The summed E-state index contributed by atoms with van der Waals surface area (Å²) in [6.07, 6.45) is 11.3. The Hall–Kier alpha value is -2.83. The molecule has 0 unspecified atom stereocenters. The summed E-state index contributed by atoms with van der Waals surface area (Å²) in [5, 5.41) is 4.16. The standard InChI is InChI=1S/C19H22N6O/c1-3-16-17(13(2)24-26-16)18-14(15-12-20-7-8-21-15)11-22-19(23-18)25-9-5-4-6-10-25/h7-8,11-12H,3-6,9-10H2,1-2H3. The highest BCUT2D eigenvalue weighted by Gasteiger charge is 2.23. The van der Waals surface area contributed by atoms with Gasteiger partial charge in [-0.1, -0.05) is 12.1 Å². The molecule has 1 aliphatic heterocycles. The summed E-state index contributed by atoms with van der Waals surface area (Å²) >= 11 is 0. The van der Waals surface area contributed by atoms with Gasteiger partial charge in [-0.3, -0.25) is 9.97 Å². The maximum Gasteiger partial charge on any atom is 0.225 e. The Bertz CT molecular complexity index is 886. The minimum Gasteiger partial charge on any atom is -0.360 e. The zero-order valence-electron chi connectivity index (χ0n) is 15.1. The predicted molar refractivity (Wildman–Crippen MR) is 98.7 cm³/mol. The lowest BCUT2D eigenvalue weighted by atomic mass is 10.0. The summed E-state index contributed by atoms with van der Waals surface area (Å²) in [4.78, 5) is 20.4. The van der Waals surface area contributed by atoms with Gasteiger partial charge < -0.3 is 9.42 Å². The molecule has 0 N–H and O–H groups in total. The Morgan fingerprint density at radius 2 is 1.92 bits per heavy atom. The van der Waals surface area contributed by atoms with Gasteiger partial charge in [-0.2, -0.15) is 0 Å². The van der Waals surface area contributed by atoms with Crippen LogP contribution in [0.25, 0.3) is 22.5 Å². The summed E-state index contributed by atoms with van der Waals surface area (Å²) in [6, 6.07) is 0. The second kappa shape index (κ2) is 7.19. The number of aryl methyl sites for hydroxylation is 2. The van der Waals surface area contributed by atoms with Gasteiger partial charge in [0.15, 0.2) is 0 Å². The fraction of sp³-hybridized carbons (Fsp3) is 0.421. The maximum absolute atomic E-state index is 5.52. The number of anilines is 1. The largest absolute Gasteiger partial charge is 0.360 e. The summed E-state index contributed by atoms with van der Waals surface area (Å²) in [7, 11) is 0. The van der Waals surface area contributed by atoms with E-state index in [1.165, 1.54) is 19.3 Å². The van der Waals surface area contributed by atoms with E-state index < -0.39 is 0 Å². The molecule has 0 bridgehead atoms. The lowest BCUT2D eigenvalue weighted by Gasteiger charge is -2.27. The molecule has 26 heavy (non-hydrogen) atoms. The van der Waals surface area contributed by atoms with Crippen molar-refractivity contribution in [2.24, 2.45) is 0 Å². The molecule has 0 radical (unpaired) electrons. The molecule has 3 aromatic rings. The third-order valence-electron chi connectivity index (χ3n) is 4.75. The third kappa shape index (κ3) is 3.05. The molecule has 0 saturated carbocycles. The molecule has 1 aliphatic rings. The highest BCUT2D eigenvalue weighted by atomic mass is 16.5. The second-order valence-electron chi connectivity index (χ2n) is 6.49. The first kappa shape index (κ1) is 16.6. The Labute approximate surface area is 152 Å². The molecule has 7 heteroatoms. The van der Waals surface area contributed by atoms with E-state index in [1.807, 2.05) is 13.1 Å². The zero-order valence-corrected chi connectivity index (χ0v) is 15.1. The first-order valence-electron chi connectivity index (χ1n) is 9.11. The second-order valence-corrected chi connectivity index (χ2v) is 6.49. The van der Waals surface area contributed by atoms with Gasteiger partial charge in [0.25, 0.3) is 0 Å². The predicted octanol–water partition coefficient (Wildman–Crippen LogP) is 3.45. The number of piperidine rings is 1. The molecule has 0 atom stereocenters. The van der Waals surface area contributed by atoms with E-state index in [0.717, 1.165) is 59.4 Å². The van der Waals surface area contributed by atoms with Crippen LogP contribution in [0.1, 0.15) is 37.6 Å². The maximum atomic E-state index is 5.52. The fourth-order valence-electron chi connectivity index (χ4n) is 3.40. The quantitative estimate of drug-likeness (QED) is 0.713. The normalized spacial score (nSPS) is 14.6. The van der Waals surface area contributed by atoms with Crippen molar-refractivity contribution in [3.63, 3.8) is 0 Å². The number of aromatic nitrogens is 5. The van der Waals surface area contributed by atoms with Crippen LogP contribution in [0.15, 0.2) is 29.3 Å². The van der Waals surface area contributed by atoms with Gasteiger partial charge in [-0.05, 0) is 26.2 Å². The van der Waals surface area contributed by atoms with Crippen molar-refractivity contribution in [2.75, 3.05) is 18.0 Å². The average molecular weight is 350 g/mol. The Balaban J connectivity index is 1.88. The SMILES string of the molecule is CCc1onc(C)c1-c1nc(N2CCCCC2)ncc1-c1cnccn1. The molecule has 0 spiro atoms. The molecule has 7 nitrogen and oxygen atoms in total. The third-order valence-corrected chi connectivity index (χ3v) is 4.75. The summed E-state index contributed by atoms with van der Waals surface area (Å²) < 4.78 is 5.52. The van der Waals surface area contributed by atoms with Crippen molar-refractivity contribution < 1.29 is 4.52 Å². The smallest absolute Gasteiger partial charge is 0.225 e. The van der Waals surface area contributed by atoms with Gasteiger partial charge in [0.05, 0.1) is 28.8 Å². The van der Waals surface area contributed by atoms with E-state index in [0.29, 0.717) is 0 Å². The van der Waals surface area contributed by atoms with Crippen molar-refractivity contribution in [2.45, 2.75) is 39.5 Å². The van der Waals surface area contributed by atoms with Gasteiger partial charge in [0.1, 0.15) is 5.76 Å². The number of nitrogens with zero attached hydrogens (tertiary/aromatic N) is 6. The Kier molecular flexibility index (Phi) is 4.60. The lowest BCUT2D eigenvalue weighted by molar-refractivity contribution is 0.383. The number of hydrogen-bond acceptors (Lipinski definition) is 7. The van der Waals surface area contributed by atoms with E-state index in [-0.39, 0.29) is 0 Å². The molecule has 3 aromatic heterocycles. The van der Waals surface area contributed by atoms with Crippen LogP contribution in [0.4, 0.5) is 5.95 Å². The molecule has 4 rings (SSSR count). The van der Waals surface area contributed by atoms with Crippen LogP contribution in [0.3, 0.4) is 0 Å². The number of rotatable bonds is 4. The highest BCUT2D eigenvalue weighted by Crippen LogP contribution is 2.34. The minimum absolute atomic E-state index is 0.746. The molecule has 1 fully saturated rings. The van der Waals surface area contributed by atoms with Crippen molar-refractivity contribution in [3.05, 3.63) is 36.2 Å². The molecule has 0 aliphatic carbocycles. The van der Waals surface area contributed by atoms with Crippen LogP contribution < -0.4 is 4.90 Å². The van der Waals surface area contributed by atoms with Gasteiger partial charge in [-0.15, -0.1) is 0 Å². The summed E-state index contributed by atoms with van der Waals surface area (Å²) in [6.45, 7) is 5.99. The molecule has 0 amide bonds. The van der Waals surface area contributed by atoms with E-state index >= 15 is 0 Å². The van der Waals surface area contributed by atoms with E-state index in [1.54, 1.807) is 18.6 Å². The lowest BCUT2D eigenvalue weighted by Crippen LogP contribution is -2.31. The average Bonchev–Trinajstić information content (AvgIpc) is 3.09. The molecule has 1 saturated heterocycles.